The number of nitrogens with zero attached hydrogens (tertiary/aromatic N) is 2. The van der Waals surface area contributed by atoms with E-state index in [1.807, 2.05) is 35.2 Å². The maximum absolute atomic E-state index is 13.6. The Bertz CT molecular complexity index is 1250. The molecular weight excluding hydrogens is 542 g/mol. The predicted octanol–water partition coefficient (Wildman–Crippen LogP) is 5.77. The summed E-state index contributed by atoms with van der Waals surface area (Å²) in [5.41, 5.74) is 1.06. The third kappa shape index (κ3) is 6.93. The summed E-state index contributed by atoms with van der Waals surface area (Å²) >= 11 is 0. The van der Waals surface area contributed by atoms with Crippen molar-refractivity contribution >= 4 is 30.2 Å². The molecule has 0 atom stereocenters. The Labute approximate surface area is 248 Å². The molecule has 2 N–H and O–H groups in total. The van der Waals surface area contributed by atoms with E-state index in [2.05, 4.69) is 17.1 Å². The van der Waals surface area contributed by atoms with E-state index < -0.39 is 11.5 Å². The molecule has 0 bridgehead atoms. The number of hydrogen-bond donors (Lipinski definition) is 2. The Morgan fingerprint density at radius 3 is 2.20 bits per heavy atom. The molecule has 2 saturated heterocycles. The van der Waals surface area contributed by atoms with Crippen LogP contribution in [0.1, 0.15) is 74.2 Å². The molecule has 1 aliphatic carbocycles. The van der Waals surface area contributed by atoms with Crippen LogP contribution in [-0.2, 0) is 16.1 Å². The monoisotopic (exact) mass is 581 g/mol. The number of halogens is 1. The quantitative estimate of drug-likeness (QED) is 0.384. The number of carbonyl (C=O) groups is 3. The van der Waals surface area contributed by atoms with E-state index in [4.69, 9.17) is 9.84 Å². The topological polar surface area (TPSA) is 99.2 Å². The van der Waals surface area contributed by atoms with E-state index in [0.29, 0.717) is 42.5 Å². The average molecular weight is 582 g/mol. The van der Waals surface area contributed by atoms with Gasteiger partial charge in [-0.1, -0.05) is 44.4 Å². The zero-order valence-corrected chi connectivity index (χ0v) is 24.5. The molecule has 1 saturated carbocycles. The number of nitrogens with one attached hydrogen (secondary N) is 1. The molecule has 3 aliphatic rings. The van der Waals surface area contributed by atoms with Crippen LogP contribution in [0.25, 0.3) is 0 Å². The Morgan fingerprint density at radius 1 is 1.00 bits per heavy atom. The molecule has 2 aromatic carbocycles. The van der Waals surface area contributed by atoms with Gasteiger partial charge in [-0.2, -0.15) is 0 Å². The molecule has 3 fully saturated rings. The molecule has 5 rings (SSSR count). The highest BCUT2D eigenvalue weighted by molar-refractivity contribution is 6.06. The summed E-state index contributed by atoms with van der Waals surface area (Å²) in [7, 11) is 0. The van der Waals surface area contributed by atoms with Crippen molar-refractivity contribution in [3.8, 4) is 11.5 Å². The van der Waals surface area contributed by atoms with E-state index in [1.54, 1.807) is 12.1 Å². The maximum atomic E-state index is 13.6. The molecular formula is C32H40ClN3O5. The normalized spacial score (nSPS) is 20.5. The lowest BCUT2D eigenvalue weighted by Gasteiger charge is -2.50. The predicted molar refractivity (Wildman–Crippen MR) is 159 cm³/mol. The van der Waals surface area contributed by atoms with Gasteiger partial charge in [-0.05, 0) is 80.0 Å². The van der Waals surface area contributed by atoms with Gasteiger partial charge >= 0.3 is 5.97 Å². The maximum Gasteiger partial charge on any atom is 0.335 e. The fourth-order valence-electron chi connectivity index (χ4n) is 6.24. The second kappa shape index (κ2) is 13.5. The van der Waals surface area contributed by atoms with Crippen molar-refractivity contribution in [1.29, 1.82) is 0 Å². The summed E-state index contributed by atoms with van der Waals surface area (Å²) in [4.78, 5) is 42.4. The number of carboxylic acids is 1. The van der Waals surface area contributed by atoms with Gasteiger partial charge in [0, 0.05) is 26.2 Å². The Morgan fingerprint density at radius 2 is 1.61 bits per heavy atom. The average Bonchev–Trinajstić information content (AvgIpc) is 2.97. The van der Waals surface area contributed by atoms with Gasteiger partial charge in [-0.15, -0.1) is 12.4 Å². The number of rotatable bonds is 8. The van der Waals surface area contributed by atoms with Crippen molar-refractivity contribution in [2.24, 2.45) is 5.92 Å². The highest BCUT2D eigenvalue weighted by Gasteiger charge is 2.52. The molecule has 2 heterocycles. The van der Waals surface area contributed by atoms with E-state index in [9.17, 15) is 14.4 Å². The number of benzene rings is 2. The minimum Gasteiger partial charge on any atom is -0.478 e. The lowest BCUT2D eigenvalue weighted by Crippen LogP contribution is -2.69. The van der Waals surface area contributed by atoms with Crippen LogP contribution in [0.2, 0.25) is 0 Å². The summed E-state index contributed by atoms with van der Waals surface area (Å²) < 4.78 is 5.85. The van der Waals surface area contributed by atoms with Crippen LogP contribution in [0.4, 0.5) is 0 Å². The van der Waals surface area contributed by atoms with Crippen LogP contribution < -0.4 is 10.1 Å². The van der Waals surface area contributed by atoms with E-state index in [0.717, 1.165) is 44.5 Å². The van der Waals surface area contributed by atoms with E-state index in [-0.39, 0.29) is 29.8 Å². The first-order valence-corrected chi connectivity index (χ1v) is 14.6. The van der Waals surface area contributed by atoms with Crippen LogP contribution in [0.5, 0.6) is 11.5 Å². The second-order valence-corrected chi connectivity index (χ2v) is 11.3. The summed E-state index contributed by atoms with van der Waals surface area (Å²) in [6.07, 6.45) is 9.90. The molecule has 41 heavy (non-hydrogen) atoms. The summed E-state index contributed by atoms with van der Waals surface area (Å²) in [6, 6.07) is 14.2. The molecule has 220 valence electrons. The standard InChI is InChI=1S/C32H39N3O5.ClH/c1-2-18-35-29(36)28(21-23-6-4-3-5-7-23)33-31(39)32(35)16-19-34(20-17-32)22-24-8-12-26(13-9-24)40-27-14-10-25(11-15-27)30(37)38;/h8-15,21,23H,2-7,16-20,22H2,1H3,(H,33,39)(H,37,38);1H. The fraction of sp³-hybridized carbons (Fsp3) is 0.469. The smallest absolute Gasteiger partial charge is 0.335 e. The van der Waals surface area contributed by atoms with Gasteiger partial charge in [0.1, 0.15) is 22.7 Å². The van der Waals surface area contributed by atoms with Crippen LogP contribution in [-0.4, -0.2) is 57.9 Å². The van der Waals surface area contributed by atoms with E-state index >= 15 is 0 Å². The van der Waals surface area contributed by atoms with Crippen molar-refractivity contribution in [1.82, 2.24) is 15.1 Å². The van der Waals surface area contributed by atoms with Crippen molar-refractivity contribution in [2.45, 2.75) is 70.4 Å². The number of hydrogen-bond acceptors (Lipinski definition) is 5. The molecule has 0 aromatic heterocycles. The molecule has 8 nitrogen and oxygen atoms in total. The van der Waals surface area contributed by atoms with E-state index in [1.165, 1.54) is 31.4 Å². The number of piperazine rings is 1. The highest BCUT2D eigenvalue weighted by Crippen LogP contribution is 2.35. The molecule has 2 aromatic rings. The largest absolute Gasteiger partial charge is 0.478 e. The first-order chi connectivity index (χ1) is 19.4. The number of allylic oxidation sites excluding steroid dienone is 1. The highest BCUT2D eigenvalue weighted by atomic mass is 35.5. The fourth-order valence-corrected chi connectivity index (χ4v) is 6.24. The van der Waals surface area contributed by atoms with Gasteiger partial charge in [-0.3, -0.25) is 14.5 Å². The summed E-state index contributed by atoms with van der Waals surface area (Å²) in [6.45, 7) is 4.87. The number of carbonyl (C=O) groups excluding carboxylic acids is 2. The molecule has 0 radical (unpaired) electrons. The molecule has 9 heteroatoms. The molecule has 0 unspecified atom stereocenters. The van der Waals surface area contributed by atoms with Crippen molar-refractivity contribution < 1.29 is 24.2 Å². The Balaban J connectivity index is 0.00000387. The lowest BCUT2D eigenvalue weighted by molar-refractivity contribution is -0.154. The number of carboxylic acid groups (broad SMARTS) is 1. The van der Waals surface area contributed by atoms with Gasteiger partial charge in [0.15, 0.2) is 0 Å². The van der Waals surface area contributed by atoms with Crippen LogP contribution in [0, 0.1) is 5.92 Å². The second-order valence-electron chi connectivity index (χ2n) is 11.3. The molecule has 2 aliphatic heterocycles. The third-order valence-electron chi connectivity index (χ3n) is 8.51. The number of ether oxygens (including phenoxy) is 1. The number of amides is 2. The zero-order valence-electron chi connectivity index (χ0n) is 23.6. The molecule has 2 amide bonds. The summed E-state index contributed by atoms with van der Waals surface area (Å²) in [5, 5.41) is 12.1. The third-order valence-corrected chi connectivity index (χ3v) is 8.51. The van der Waals surface area contributed by atoms with Crippen LogP contribution in [0.3, 0.4) is 0 Å². The van der Waals surface area contributed by atoms with Crippen molar-refractivity contribution in [3.63, 3.8) is 0 Å². The van der Waals surface area contributed by atoms with Gasteiger partial charge in [0.25, 0.3) is 11.8 Å². The minimum absolute atomic E-state index is 0. The van der Waals surface area contributed by atoms with Gasteiger partial charge in [0.05, 0.1) is 5.56 Å². The van der Waals surface area contributed by atoms with Gasteiger partial charge < -0.3 is 20.1 Å². The minimum atomic E-state index is -0.968. The Hall–Kier alpha value is -3.36. The van der Waals surface area contributed by atoms with Gasteiger partial charge in [-0.25, -0.2) is 4.79 Å². The first-order valence-electron chi connectivity index (χ1n) is 14.6. The van der Waals surface area contributed by atoms with Crippen molar-refractivity contribution in [2.75, 3.05) is 19.6 Å². The van der Waals surface area contributed by atoms with Gasteiger partial charge in [0.2, 0.25) is 0 Å². The Kier molecular flexibility index (Phi) is 10.1. The number of likely N-dealkylation sites (tertiary alicyclic amines) is 1. The zero-order chi connectivity index (χ0) is 28.1. The van der Waals surface area contributed by atoms with Crippen LogP contribution in [0.15, 0.2) is 60.3 Å². The SMILES string of the molecule is CCCN1C(=O)C(=CC2CCCCC2)NC(=O)C12CCN(Cc1ccc(Oc3ccc(C(=O)O)cc3)cc1)CC2.Cl. The lowest BCUT2D eigenvalue weighted by atomic mass is 9.81. The summed E-state index contributed by atoms with van der Waals surface area (Å²) in [5.74, 6) is 0.613. The van der Waals surface area contributed by atoms with Crippen molar-refractivity contribution in [3.05, 3.63) is 71.4 Å². The first kappa shape index (κ1) is 30.6. The number of piperidine rings is 1. The molecule has 1 spiro atoms. The van der Waals surface area contributed by atoms with Crippen LogP contribution >= 0.6 is 12.4 Å². The number of aromatic carboxylic acids is 1.